The first-order valence-corrected chi connectivity index (χ1v) is 8.89. The molecule has 0 aromatic rings. The van der Waals surface area contributed by atoms with E-state index in [4.69, 9.17) is 10.9 Å². The van der Waals surface area contributed by atoms with Crippen LogP contribution in [0, 0.1) is 0 Å². The lowest BCUT2D eigenvalue weighted by Crippen LogP contribution is -2.54. The van der Waals surface area contributed by atoms with Gasteiger partial charge in [0.1, 0.15) is 0 Å². The Bertz CT molecular complexity index is 416. The largest absolute Gasteiger partial charge is 0.409 e. The Balaban J connectivity index is 2.43. The zero-order valence-electron chi connectivity index (χ0n) is 12.3. The van der Waals surface area contributed by atoms with Gasteiger partial charge in [-0.05, 0) is 6.42 Å². The van der Waals surface area contributed by atoms with E-state index in [2.05, 4.69) is 15.0 Å². The molecule has 3 N–H and O–H groups in total. The number of sulfone groups is 1. The van der Waals surface area contributed by atoms with Crippen LogP contribution in [-0.2, 0) is 9.84 Å². The van der Waals surface area contributed by atoms with E-state index in [1.54, 1.807) is 6.92 Å². The predicted molar refractivity (Wildman–Crippen MR) is 79.8 cm³/mol. The summed E-state index contributed by atoms with van der Waals surface area (Å²) in [5, 5.41) is 11.9. The summed E-state index contributed by atoms with van der Waals surface area (Å²) in [5.41, 5.74) is 5.69. The van der Waals surface area contributed by atoms with E-state index < -0.39 is 9.84 Å². The summed E-state index contributed by atoms with van der Waals surface area (Å²) in [6, 6.07) is -0.0403. The Morgan fingerprint density at radius 2 is 1.90 bits per heavy atom. The number of amidine groups is 1. The van der Waals surface area contributed by atoms with Crippen LogP contribution in [0.5, 0.6) is 0 Å². The summed E-state index contributed by atoms with van der Waals surface area (Å²) in [7, 11) is -2.90. The molecule has 1 rings (SSSR count). The number of oxime groups is 1. The van der Waals surface area contributed by atoms with Gasteiger partial charge in [0.25, 0.3) is 0 Å². The van der Waals surface area contributed by atoms with Crippen LogP contribution >= 0.6 is 0 Å². The zero-order valence-corrected chi connectivity index (χ0v) is 13.1. The van der Waals surface area contributed by atoms with Crippen LogP contribution < -0.4 is 5.73 Å². The monoisotopic (exact) mass is 306 g/mol. The minimum Gasteiger partial charge on any atom is -0.409 e. The number of piperazine rings is 1. The van der Waals surface area contributed by atoms with Gasteiger partial charge in [-0.3, -0.25) is 9.80 Å². The Morgan fingerprint density at radius 3 is 2.35 bits per heavy atom. The lowest BCUT2D eigenvalue weighted by molar-refractivity contribution is 0.119. The lowest BCUT2D eigenvalue weighted by Gasteiger charge is -2.38. The van der Waals surface area contributed by atoms with E-state index in [0.717, 1.165) is 32.6 Å². The molecule has 8 heteroatoms. The summed E-state index contributed by atoms with van der Waals surface area (Å²) >= 11 is 0. The molecule has 1 fully saturated rings. The molecule has 0 aromatic heterocycles. The van der Waals surface area contributed by atoms with Crippen molar-refractivity contribution < 1.29 is 13.6 Å². The molecule has 0 aromatic carbocycles. The van der Waals surface area contributed by atoms with Crippen molar-refractivity contribution in [2.24, 2.45) is 10.9 Å². The van der Waals surface area contributed by atoms with Crippen LogP contribution in [0.4, 0.5) is 0 Å². The highest BCUT2D eigenvalue weighted by molar-refractivity contribution is 7.91. The Labute approximate surface area is 121 Å². The maximum Gasteiger partial charge on any atom is 0.156 e. The van der Waals surface area contributed by atoms with Gasteiger partial charge in [-0.2, -0.15) is 0 Å². The maximum atomic E-state index is 11.5. The second-order valence-electron chi connectivity index (χ2n) is 5.06. The number of nitrogens with zero attached hydrogens (tertiary/aromatic N) is 3. The summed E-state index contributed by atoms with van der Waals surface area (Å²) in [6.45, 7) is 7.51. The van der Waals surface area contributed by atoms with Crippen molar-refractivity contribution in [3.63, 3.8) is 0 Å². The minimum absolute atomic E-state index is 0.0403. The van der Waals surface area contributed by atoms with Gasteiger partial charge in [0.05, 0.1) is 11.8 Å². The normalized spacial score (nSPS) is 21.0. The summed E-state index contributed by atoms with van der Waals surface area (Å²) < 4.78 is 23.0. The second-order valence-corrected chi connectivity index (χ2v) is 7.54. The van der Waals surface area contributed by atoms with Gasteiger partial charge in [-0.1, -0.05) is 19.0 Å². The van der Waals surface area contributed by atoms with E-state index in [1.807, 2.05) is 6.92 Å². The second kappa shape index (κ2) is 7.80. The molecule has 1 aliphatic rings. The highest BCUT2D eigenvalue weighted by atomic mass is 32.2. The molecule has 7 nitrogen and oxygen atoms in total. The number of hydrogen-bond donors (Lipinski definition) is 2. The molecule has 0 spiro atoms. The molecular weight excluding hydrogens is 280 g/mol. The van der Waals surface area contributed by atoms with E-state index in [9.17, 15) is 8.42 Å². The molecule has 1 atom stereocenters. The fourth-order valence-corrected chi connectivity index (χ4v) is 3.26. The Kier molecular flexibility index (Phi) is 6.70. The van der Waals surface area contributed by atoms with Crippen LogP contribution in [0.1, 0.15) is 20.3 Å². The van der Waals surface area contributed by atoms with E-state index in [-0.39, 0.29) is 23.4 Å². The number of nitrogens with two attached hydrogens (primary N) is 1. The molecule has 1 unspecified atom stereocenters. The third-order valence-electron chi connectivity index (χ3n) is 3.85. The first kappa shape index (κ1) is 17.2. The molecule has 0 aliphatic carbocycles. The molecule has 118 valence electrons. The summed E-state index contributed by atoms with van der Waals surface area (Å²) in [4.78, 5) is 4.34. The molecule has 0 saturated carbocycles. The third kappa shape index (κ3) is 4.92. The SMILES string of the molecule is CCC(C(N)=NO)N1CCN(CCS(=O)(=O)CC)CC1. The summed E-state index contributed by atoms with van der Waals surface area (Å²) in [6.07, 6.45) is 0.792. The Morgan fingerprint density at radius 1 is 1.30 bits per heavy atom. The number of hydrogen-bond acceptors (Lipinski definition) is 6. The van der Waals surface area contributed by atoms with E-state index >= 15 is 0 Å². The first-order valence-electron chi connectivity index (χ1n) is 7.07. The van der Waals surface area contributed by atoms with Crippen LogP contribution in [-0.4, -0.2) is 79.5 Å². The predicted octanol–water partition coefficient (Wildman–Crippen LogP) is -0.436. The lowest BCUT2D eigenvalue weighted by atomic mass is 10.1. The minimum atomic E-state index is -2.90. The van der Waals surface area contributed by atoms with Crippen LogP contribution in [0.25, 0.3) is 0 Å². The third-order valence-corrected chi connectivity index (χ3v) is 5.53. The Hall–Kier alpha value is -0.860. The first-order chi connectivity index (χ1) is 9.43. The van der Waals surface area contributed by atoms with Gasteiger partial charge in [-0.25, -0.2) is 8.42 Å². The smallest absolute Gasteiger partial charge is 0.156 e. The van der Waals surface area contributed by atoms with Crippen molar-refractivity contribution in [3.05, 3.63) is 0 Å². The molecule has 0 radical (unpaired) electrons. The van der Waals surface area contributed by atoms with Crippen molar-refractivity contribution in [3.8, 4) is 0 Å². The van der Waals surface area contributed by atoms with Crippen LogP contribution in [0.15, 0.2) is 5.16 Å². The highest BCUT2D eigenvalue weighted by Gasteiger charge is 2.25. The molecule has 1 saturated heterocycles. The van der Waals surface area contributed by atoms with Gasteiger partial charge >= 0.3 is 0 Å². The molecule has 0 bridgehead atoms. The topological polar surface area (TPSA) is 99.2 Å². The molecule has 20 heavy (non-hydrogen) atoms. The molecule has 1 aliphatic heterocycles. The molecule has 0 amide bonds. The van der Waals surface area contributed by atoms with Crippen LogP contribution in [0.3, 0.4) is 0 Å². The van der Waals surface area contributed by atoms with Gasteiger partial charge < -0.3 is 10.9 Å². The molecular formula is C12H26N4O3S. The maximum absolute atomic E-state index is 11.5. The standard InChI is InChI=1S/C12H26N4O3S/c1-3-11(12(13)14-17)16-7-5-15(6-8-16)9-10-20(18,19)4-2/h11,17H,3-10H2,1-2H3,(H2,13,14). The average molecular weight is 306 g/mol. The van der Waals surface area contributed by atoms with Crippen LogP contribution in [0.2, 0.25) is 0 Å². The van der Waals surface area contributed by atoms with Gasteiger partial charge in [-0.15, -0.1) is 0 Å². The molecule has 1 heterocycles. The zero-order chi connectivity index (χ0) is 15.2. The quantitative estimate of drug-likeness (QED) is 0.286. The fourth-order valence-electron chi connectivity index (χ4n) is 2.43. The van der Waals surface area contributed by atoms with E-state index in [0.29, 0.717) is 6.54 Å². The van der Waals surface area contributed by atoms with Gasteiger partial charge in [0, 0.05) is 38.5 Å². The summed E-state index contributed by atoms with van der Waals surface area (Å²) in [5.74, 6) is 0.671. The van der Waals surface area contributed by atoms with E-state index in [1.165, 1.54) is 0 Å². The average Bonchev–Trinajstić information content (AvgIpc) is 2.47. The van der Waals surface area contributed by atoms with Crippen molar-refractivity contribution in [2.45, 2.75) is 26.3 Å². The van der Waals surface area contributed by atoms with Gasteiger partial charge in [0.2, 0.25) is 0 Å². The van der Waals surface area contributed by atoms with Crippen molar-refractivity contribution >= 4 is 15.7 Å². The fraction of sp³-hybridized carbons (Fsp3) is 0.917. The van der Waals surface area contributed by atoms with Crippen molar-refractivity contribution in [2.75, 3.05) is 44.2 Å². The van der Waals surface area contributed by atoms with Gasteiger partial charge in [0.15, 0.2) is 15.7 Å². The highest BCUT2D eigenvalue weighted by Crippen LogP contribution is 2.10. The number of rotatable bonds is 7. The van der Waals surface area contributed by atoms with Crippen molar-refractivity contribution in [1.82, 2.24) is 9.80 Å². The van der Waals surface area contributed by atoms with Crippen molar-refractivity contribution in [1.29, 1.82) is 0 Å².